The molecule has 1 unspecified atom stereocenters. The van der Waals surface area contributed by atoms with E-state index in [0.29, 0.717) is 5.82 Å². The van der Waals surface area contributed by atoms with Crippen LogP contribution in [-0.2, 0) is 6.18 Å². The maximum absolute atomic E-state index is 15.1. The first kappa shape index (κ1) is 24.0. The lowest BCUT2D eigenvalue weighted by Gasteiger charge is -2.17. The minimum Gasteiger partial charge on any atom is -0.455 e. The number of H-pyrrole nitrogens is 1. The maximum Gasteiger partial charge on any atom is 0.416 e. The number of benzene rings is 2. The second-order valence-electron chi connectivity index (χ2n) is 6.77. The molecule has 4 rings (SSSR count). The highest BCUT2D eigenvalue weighted by molar-refractivity contribution is 8.16. The fraction of sp³-hybridized carbons (Fsp3) is 0.0952. The minimum atomic E-state index is -4.59. The molecule has 0 aliphatic carbocycles. The number of nitrogens with zero attached hydrogens (tertiary/aromatic N) is 2. The number of anilines is 2. The molecule has 6 nitrogen and oxygen atoms in total. The number of rotatable bonds is 6. The quantitative estimate of drug-likeness (QED) is 0.182. The van der Waals surface area contributed by atoms with E-state index in [9.17, 15) is 13.2 Å². The van der Waals surface area contributed by atoms with E-state index in [2.05, 4.69) is 19.9 Å². The predicted octanol–water partition coefficient (Wildman–Crippen LogP) is 7.20. The molecule has 0 spiro atoms. The lowest BCUT2D eigenvalue weighted by atomic mass is 10.0. The van der Waals surface area contributed by atoms with Crippen molar-refractivity contribution in [3.05, 3.63) is 63.8 Å². The Morgan fingerprint density at radius 3 is 2.62 bits per heavy atom. The van der Waals surface area contributed by atoms with Crippen molar-refractivity contribution in [2.45, 2.75) is 18.0 Å². The molecule has 2 aromatic heterocycles. The molecule has 4 aromatic rings. The normalized spacial score (nSPS) is 12.6. The number of thiazole rings is 1. The van der Waals surface area contributed by atoms with E-state index in [4.69, 9.17) is 22.1 Å². The highest BCUT2D eigenvalue weighted by Crippen LogP contribution is 2.43. The number of ether oxygens (including phenoxy) is 1. The predicted molar refractivity (Wildman–Crippen MR) is 128 cm³/mol. The molecule has 0 saturated carbocycles. The summed E-state index contributed by atoms with van der Waals surface area (Å²) in [6.45, 7) is 1.77. The summed E-state index contributed by atoms with van der Waals surface area (Å²) in [5.41, 5.74) is 6.78. The van der Waals surface area contributed by atoms with E-state index in [1.165, 1.54) is 23.6 Å². The van der Waals surface area contributed by atoms with Gasteiger partial charge in [-0.15, -0.1) is 11.3 Å². The van der Waals surface area contributed by atoms with Crippen LogP contribution in [0.3, 0.4) is 0 Å². The van der Waals surface area contributed by atoms with Crippen molar-refractivity contribution in [2.24, 2.45) is 0 Å². The summed E-state index contributed by atoms with van der Waals surface area (Å²) in [6, 6.07) is 5.36. The van der Waals surface area contributed by atoms with Gasteiger partial charge in [-0.2, -0.15) is 18.3 Å². The SMILES string of the molecule is C/C=S(/Nc1cscn1)c1cc(Cl)c(Oc2ccc(C(F)(F)F)cc2-c2cn[nH]c2N)cc1F. The van der Waals surface area contributed by atoms with E-state index < -0.39 is 28.2 Å². The van der Waals surface area contributed by atoms with Crippen molar-refractivity contribution in [1.29, 1.82) is 0 Å². The molecule has 0 radical (unpaired) electrons. The fourth-order valence-electron chi connectivity index (χ4n) is 3.01. The van der Waals surface area contributed by atoms with Crippen LogP contribution < -0.4 is 15.2 Å². The summed E-state index contributed by atoms with van der Waals surface area (Å²) in [6.07, 6.45) is -3.32. The molecule has 2 aromatic carbocycles. The monoisotopic (exact) mass is 529 g/mol. The maximum atomic E-state index is 15.1. The van der Waals surface area contributed by atoms with Crippen LogP contribution in [0.15, 0.2) is 52.3 Å². The summed E-state index contributed by atoms with van der Waals surface area (Å²) in [7, 11) is -0.845. The molecule has 1 atom stereocenters. The van der Waals surface area contributed by atoms with E-state index in [1.807, 2.05) is 0 Å². The zero-order valence-corrected chi connectivity index (χ0v) is 19.7. The summed E-state index contributed by atoms with van der Waals surface area (Å²) in [5, 5.41) is 9.85. The Morgan fingerprint density at radius 1 is 1.21 bits per heavy atom. The molecule has 0 fully saturated rings. The van der Waals surface area contributed by atoms with Crippen LogP contribution in [0, 0.1) is 5.82 Å². The molecule has 0 amide bonds. The zero-order chi connectivity index (χ0) is 24.5. The Balaban J connectivity index is 1.72. The third-order valence-electron chi connectivity index (χ3n) is 4.59. The summed E-state index contributed by atoms with van der Waals surface area (Å²) in [5.74, 6) is -0.0437. The topological polar surface area (TPSA) is 88.9 Å². The average Bonchev–Trinajstić information content (AvgIpc) is 3.45. The Morgan fingerprint density at radius 2 is 2.00 bits per heavy atom. The van der Waals surface area contributed by atoms with Crippen molar-refractivity contribution in [3.8, 4) is 22.6 Å². The molecule has 2 heterocycles. The first-order valence-corrected chi connectivity index (χ1v) is 12.1. The molecule has 13 heteroatoms. The zero-order valence-electron chi connectivity index (χ0n) is 17.3. The van der Waals surface area contributed by atoms with Crippen molar-refractivity contribution in [2.75, 3.05) is 10.5 Å². The van der Waals surface area contributed by atoms with Gasteiger partial charge in [0.1, 0.15) is 29.0 Å². The lowest BCUT2D eigenvalue weighted by Crippen LogP contribution is -2.05. The molecule has 34 heavy (non-hydrogen) atoms. The first-order valence-electron chi connectivity index (χ1n) is 9.52. The van der Waals surface area contributed by atoms with Crippen molar-refractivity contribution in [1.82, 2.24) is 15.2 Å². The Bertz CT molecular complexity index is 1360. The van der Waals surface area contributed by atoms with Gasteiger partial charge in [0, 0.05) is 22.6 Å². The first-order chi connectivity index (χ1) is 16.2. The number of nitrogen functional groups attached to an aromatic ring is 1. The van der Waals surface area contributed by atoms with E-state index in [-0.39, 0.29) is 38.4 Å². The van der Waals surface area contributed by atoms with E-state index in [0.717, 1.165) is 24.3 Å². The van der Waals surface area contributed by atoms with Crippen LogP contribution in [0.5, 0.6) is 11.5 Å². The van der Waals surface area contributed by atoms with Gasteiger partial charge < -0.3 is 15.2 Å². The van der Waals surface area contributed by atoms with Gasteiger partial charge in [-0.3, -0.25) is 5.10 Å². The Hall–Kier alpha value is -3.09. The third-order valence-corrected chi connectivity index (χ3v) is 7.16. The second-order valence-corrected chi connectivity index (χ2v) is 9.69. The molecule has 0 bridgehead atoms. The van der Waals surface area contributed by atoms with Crippen LogP contribution >= 0.6 is 33.6 Å². The second kappa shape index (κ2) is 9.65. The highest BCUT2D eigenvalue weighted by Gasteiger charge is 2.32. The number of aromatic nitrogens is 3. The number of aromatic amines is 1. The number of halogens is 5. The van der Waals surface area contributed by atoms with E-state index in [1.54, 1.807) is 23.2 Å². The third kappa shape index (κ3) is 5.03. The summed E-state index contributed by atoms with van der Waals surface area (Å²) < 4.78 is 63.8. The van der Waals surface area contributed by atoms with Crippen LogP contribution in [0.25, 0.3) is 11.1 Å². The highest BCUT2D eigenvalue weighted by atomic mass is 35.5. The Labute approximate surface area is 202 Å². The van der Waals surface area contributed by atoms with Gasteiger partial charge in [-0.05, 0) is 36.6 Å². The molecular formula is C21H16ClF4N5OS2. The molecule has 0 aliphatic rings. The summed E-state index contributed by atoms with van der Waals surface area (Å²) >= 11 is 7.77. The molecule has 4 N–H and O–H groups in total. The van der Waals surface area contributed by atoms with Gasteiger partial charge in [-0.25, -0.2) is 9.37 Å². The largest absolute Gasteiger partial charge is 0.455 e. The number of nitrogens with two attached hydrogens (primary N) is 1. The van der Waals surface area contributed by atoms with Gasteiger partial charge in [0.25, 0.3) is 0 Å². The molecular weight excluding hydrogens is 514 g/mol. The lowest BCUT2D eigenvalue weighted by molar-refractivity contribution is -0.137. The fourth-order valence-corrected chi connectivity index (χ4v) is 5.17. The number of hydrogen-bond acceptors (Lipinski definition) is 6. The minimum absolute atomic E-state index is 0.00296. The van der Waals surface area contributed by atoms with Crippen molar-refractivity contribution in [3.63, 3.8) is 0 Å². The Kier molecular flexibility index (Phi) is 6.82. The van der Waals surface area contributed by atoms with Gasteiger partial charge in [0.05, 0.1) is 27.2 Å². The van der Waals surface area contributed by atoms with Crippen molar-refractivity contribution >= 4 is 50.6 Å². The van der Waals surface area contributed by atoms with Gasteiger partial charge >= 0.3 is 6.18 Å². The van der Waals surface area contributed by atoms with E-state index >= 15 is 4.39 Å². The van der Waals surface area contributed by atoms with Gasteiger partial charge in [-0.1, -0.05) is 22.3 Å². The number of nitrogens with one attached hydrogen (secondary N) is 2. The van der Waals surface area contributed by atoms with Gasteiger partial charge in [0.2, 0.25) is 0 Å². The number of hydrogen-bond donors (Lipinski definition) is 3. The van der Waals surface area contributed by atoms with Crippen LogP contribution in [-0.4, -0.2) is 20.5 Å². The smallest absolute Gasteiger partial charge is 0.416 e. The molecule has 0 saturated heterocycles. The summed E-state index contributed by atoms with van der Waals surface area (Å²) in [4.78, 5) is 4.41. The van der Waals surface area contributed by atoms with Gasteiger partial charge in [0.15, 0.2) is 0 Å². The molecule has 0 aliphatic heterocycles. The average molecular weight is 530 g/mol. The van der Waals surface area contributed by atoms with Crippen LogP contribution in [0.1, 0.15) is 12.5 Å². The standard InChI is InChI=1S/C21H16ClF4N5OS2/c1-2-34(31-19-9-33-10-28-19)18-6-14(22)17(7-15(18)23)32-16-4-3-11(21(24,25)26)5-12(16)13-8-29-30-20(13)27/h2-10,31H,1H3,(H3,27,29,30). The molecule has 178 valence electrons. The number of alkyl halides is 3. The van der Waals surface area contributed by atoms with Crippen LogP contribution in [0.2, 0.25) is 5.02 Å². The van der Waals surface area contributed by atoms with Crippen LogP contribution in [0.4, 0.5) is 29.2 Å². The van der Waals surface area contributed by atoms with Crippen molar-refractivity contribution < 1.29 is 22.3 Å².